The number of piperidine rings is 1. The third-order valence-corrected chi connectivity index (χ3v) is 3.30. The molecule has 3 nitrogen and oxygen atoms in total. The maximum absolute atomic E-state index is 12.4. The Balaban J connectivity index is 2.17. The van der Waals surface area contributed by atoms with E-state index in [1.165, 1.54) is 6.42 Å². The van der Waals surface area contributed by atoms with Gasteiger partial charge in [-0.05, 0) is 43.9 Å². The molecule has 0 spiro atoms. The van der Waals surface area contributed by atoms with Crippen LogP contribution in [0.4, 0.5) is 0 Å². The summed E-state index contributed by atoms with van der Waals surface area (Å²) in [5.41, 5.74) is 7.49. The van der Waals surface area contributed by atoms with E-state index >= 15 is 0 Å². The highest BCUT2D eigenvalue weighted by Gasteiger charge is 2.19. The van der Waals surface area contributed by atoms with E-state index in [2.05, 4.69) is 0 Å². The predicted octanol–water partition coefficient (Wildman–Crippen LogP) is 1.81. The summed E-state index contributed by atoms with van der Waals surface area (Å²) < 4.78 is 0. The molecular weight excluding hydrogens is 212 g/mol. The van der Waals surface area contributed by atoms with Gasteiger partial charge in [0.25, 0.3) is 5.91 Å². The van der Waals surface area contributed by atoms with Crippen LogP contribution >= 0.6 is 0 Å². The first kappa shape index (κ1) is 12.1. The number of rotatable bonds is 3. The van der Waals surface area contributed by atoms with Crippen molar-refractivity contribution >= 4 is 5.91 Å². The molecule has 1 saturated heterocycles. The maximum Gasteiger partial charge on any atom is 0.254 e. The van der Waals surface area contributed by atoms with Gasteiger partial charge in [0.05, 0.1) is 0 Å². The minimum absolute atomic E-state index is 0.175. The molecule has 2 N–H and O–H groups in total. The van der Waals surface area contributed by atoms with Gasteiger partial charge in [0, 0.05) is 18.7 Å². The summed E-state index contributed by atoms with van der Waals surface area (Å²) in [4.78, 5) is 14.4. The van der Waals surface area contributed by atoms with E-state index in [0.29, 0.717) is 6.54 Å². The van der Waals surface area contributed by atoms with Crippen molar-refractivity contribution in [1.29, 1.82) is 0 Å². The zero-order chi connectivity index (χ0) is 12.1. The Hall–Kier alpha value is -1.35. The first-order valence-corrected chi connectivity index (χ1v) is 6.40. The van der Waals surface area contributed by atoms with Crippen LogP contribution in [0.25, 0.3) is 0 Å². The van der Waals surface area contributed by atoms with Crippen molar-refractivity contribution in [1.82, 2.24) is 4.90 Å². The van der Waals surface area contributed by atoms with Gasteiger partial charge in [-0.2, -0.15) is 0 Å². The number of hydrogen-bond acceptors (Lipinski definition) is 2. The van der Waals surface area contributed by atoms with Crippen LogP contribution < -0.4 is 5.73 Å². The summed E-state index contributed by atoms with van der Waals surface area (Å²) in [7, 11) is 0. The van der Waals surface area contributed by atoms with Gasteiger partial charge >= 0.3 is 0 Å². The average Bonchev–Trinajstić information content (AvgIpc) is 2.40. The normalized spacial score (nSPS) is 15.9. The van der Waals surface area contributed by atoms with Gasteiger partial charge in [0.2, 0.25) is 0 Å². The van der Waals surface area contributed by atoms with E-state index in [9.17, 15) is 4.79 Å². The Labute approximate surface area is 103 Å². The second-order valence-corrected chi connectivity index (χ2v) is 4.55. The van der Waals surface area contributed by atoms with Crippen molar-refractivity contribution in [3.63, 3.8) is 0 Å². The van der Waals surface area contributed by atoms with Gasteiger partial charge in [-0.3, -0.25) is 4.79 Å². The van der Waals surface area contributed by atoms with Gasteiger partial charge in [-0.15, -0.1) is 0 Å². The molecule has 1 aromatic carbocycles. The van der Waals surface area contributed by atoms with E-state index in [-0.39, 0.29) is 5.91 Å². The molecule has 17 heavy (non-hydrogen) atoms. The predicted molar refractivity (Wildman–Crippen MR) is 69.0 cm³/mol. The number of benzene rings is 1. The summed E-state index contributed by atoms with van der Waals surface area (Å²) in [5.74, 6) is 0.175. The number of nitrogens with zero attached hydrogens (tertiary/aromatic N) is 1. The minimum Gasteiger partial charge on any atom is -0.339 e. The van der Waals surface area contributed by atoms with E-state index in [0.717, 1.165) is 43.5 Å². The van der Waals surface area contributed by atoms with Crippen LogP contribution in [-0.4, -0.2) is 30.4 Å². The quantitative estimate of drug-likeness (QED) is 0.864. The molecule has 3 heteroatoms. The Morgan fingerprint density at radius 2 is 1.88 bits per heavy atom. The van der Waals surface area contributed by atoms with E-state index in [1.54, 1.807) is 0 Å². The molecule has 0 aromatic heterocycles. The first-order chi connectivity index (χ1) is 8.33. The Morgan fingerprint density at radius 3 is 2.59 bits per heavy atom. The van der Waals surface area contributed by atoms with Crippen LogP contribution in [0, 0.1) is 0 Å². The zero-order valence-corrected chi connectivity index (χ0v) is 10.2. The largest absolute Gasteiger partial charge is 0.339 e. The summed E-state index contributed by atoms with van der Waals surface area (Å²) >= 11 is 0. The molecule has 1 aliphatic rings. The summed E-state index contributed by atoms with van der Waals surface area (Å²) in [5, 5.41) is 0. The Morgan fingerprint density at radius 1 is 1.18 bits per heavy atom. The topological polar surface area (TPSA) is 46.3 Å². The van der Waals surface area contributed by atoms with Crippen LogP contribution in [0.15, 0.2) is 24.3 Å². The number of nitrogens with two attached hydrogens (primary N) is 1. The smallest absolute Gasteiger partial charge is 0.254 e. The third-order valence-electron chi connectivity index (χ3n) is 3.30. The number of amides is 1. The van der Waals surface area contributed by atoms with Crippen LogP contribution in [0.3, 0.4) is 0 Å². The number of hydrogen-bond donors (Lipinski definition) is 1. The number of carbonyl (C=O) groups excluding carboxylic acids is 1. The van der Waals surface area contributed by atoms with Gasteiger partial charge in [-0.25, -0.2) is 0 Å². The molecule has 0 aliphatic carbocycles. The van der Waals surface area contributed by atoms with Crippen molar-refractivity contribution in [2.24, 2.45) is 5.73 Å². The molecule has 2 rings (SSSR count). The van der Waals surface area contributed by atoms with E-state index in [1.807, 2.05) is 29.2 Å². The lowest BCUT2D eigenvalue weighted by Crippen LogP contribution is -2.36. The first-order valence-electron chi connectivity index (χ1n) is 6.40. The Kier molecular flexibility index (Phi) is 4.15. The zero-order valence-electron chi connectivity index (χ0n) is 10.2. The summed E-state index contributed by atoms with van der Waals surface area (Å²) in [6.07, 6.45) is 4.28. The molecule has 1 aliphatic heterocycles. The molecule has 1 heterocycles. The molecule has 0 atom stereocenters. The minimum atomic E-state index is 0.175. The van der Waals surface area contributed by atoms with Gasteiger partial charge in [0.1, 0.15) is 0 Å². The summed E-state index contributed by atoms with van der Waals surface area (Å²) in [6, 6.07) is 7.82. The monoisotopic (exact) mass is 232 g/mol. The maximum atomic E-state index is 12.4. The molecule has 92 valence electrons. The fraction of sp³-hybridized carbons (Fsp3) is 0.500. The van der Waals surface area contributed by atoms with Gasteiger partial charge in [-0.1, -0.05) is 18.2 Å². The van der Waals surface area contributed by atoms with Crippen LogP contribution in [-0.2, 0) is 6.42 Å². The van der Waals surface area contributed by atoms with Crippen LogP contribution in [0.1, 0.15) is 35.2 Å². The standard InChI is InChI=1S/C14H20N2O/c15-9-8-12-6-2-3-7-13(12)14(17)16-10-4-1-5-11-16/h2-3,6-7H,1,4-5,8-11,15H2. The summed E-state index contributed by atoms with van der Waals surface area (Å²) in [6.45, 7) is 2.38. The lowest BCUT2D eigenvalue weighted by atomic mass is 10.0. The molecule has 1 aromatic rings. The SMILES string of the molecule is NCCc1ccccc1C(=O)N1CCCCC1. The fourth-order valence-corrected chi connectivity index (χ4v) is 2.37. The van der Waals surface area contributed by atoms with Crippen molar-refractivity contribution in [2.75, 3.05) is 19.6 Å². The highest BCUT2D eigenvalue weighted by atomic mass is 16.2. The van der Waals surface area contributed by atoms with E-state index < -0.39 is 0 Å². The lowest BCUT2D eigenvalue weighted by Gasteiger charge is -2.27. The van der Waals surface area contributed by atoms with Crippen LogP contribution in [0.2, 0.25) is 0 Å². The number of carbonyl (C=O) groups is 1. The van der Waals surface area contributed by atoms with Gasteiger partial charge < -0.3 is 10.6 Å². The van der Waals surface area contributed by atoms with Crippen molar-refractivity contribution in [2.45, 2.75) is 25.7 Å². The number of likely N-dealkylation sites (tertiary alicyclic amines) is 1. The second-order valence-electron chi connectivity index (χ2n) is 4.55. The Bertz CT molecular complexity index is 384. The molecule has 0 radical (unpaired) electrons. The average molecular weight is 232 g/mol. The van der Waals surface area contributed by atoms with Crippen molar-refractivity contribution < 1.29 is 4.79 Å². The van der Waals surface area contributed by atoms with Gasteiger partial charge in [0.15, 0.2) is 0 Å². The van der Waals surface area contributed by atoms with Crippen LogP contribution in [0.5, 0.6) is 0 Å². The molecule has 0 bridgehead atoms. The molecule has 1 fully saturated rings. The lowest BCUT2D eigenvalue weighted by molar-refractivity contribution is 0.0723. The molecule has 0 unspecified atom stereocenters. The third kappa shape index (κ3) is 2.86. The molecule has 0 saturated carbocycles. The second kappa shape index (κ2) is 5.82. The van der Waals surface area contributed by atoms with Crippen molar-refractivity contribution in [3.8, 4) is 0 Å². The highest BCUT2D eigenvalue weighted by Crippen LogP contribution is 2.16. The van der Waals surface area contributed by atoms with Crippen molar-refractivity contribution in [3.05, 3.63) is 35.4 Å². The fourth-order valence-electron chi connectivity index (χ4n) is 2.37. The molecule has 1 amide bonds. The molecular formula is C14H20N2O. The van der Waals surface area contributed by atoms with E-state index in [4.69, 9.17) is 5.73 Å². The highest BCUT2D eigenvalue weighted by molar-refractivity contribution is 5.95.